The lowest BCUT2D eigenvalue weighted by Gasteiger charge is -2.05. The number of nitrogens with one attached hydrogen (secondary N) is 1. The van der Waals surface area contributed by atoms with Crippen molar-refractivity contribution in [3.8, 4) is 0 Å². The highest BCUT2D eigenvalue weighted by molar-refractivity contribution is 5.74. The van der Waals surface area contributed by atoms with Crippen LogP contribution in [0.25, 0.3) is 0 Å². The second-order valence-electron chi connectivity index (χ2n) is 2.53. The van der Waals surface area contributed by atoms with Crippen molar-refractivity contribution in [3.05, 3.63) is 0 Å². The van der Waals surface area contributed by atoms with Gasteiger partial charge in [0, 0.05) is 0 Å². The van der Waals surface area contributed by atoms with Gasteiger partial charge >= 0.3 is 12.4 Å². The minimum absolute atomic E-state index is 0.101. The van der Waals surface area contributed by atoms with Gasteiger partial charge in [-0.05, 0) is 5.92 Å². The van der Waals surface area contributed by atoms with Crippen molar-refractivity contribution in [2.24, 2.45) is 5.92 Å². The molecule has 4 nitrogen and oxygen atoms in total. The van der Waals surface area contributed by atoms with Gasteiger partial charge in [-0.1, -0.05) is 13.8 Å². The van der Waals surface area contributed by atoms with Gasteiger partial charge in [0.1, 0.15) is 6.54 Å². The minimum Gasteiger partial charge on any atom is -0.464 e. The van der Waals surface area contributed by atoms with Crippen LogP contribution in [0.3, 0.4) is 0 Å². The summed E-state index contributed by atoms with van der Waals surface area (Å²) >= 11 is 0. The van der Waals surface area contributed by atoms with Gasteiger partial charge < -0.3 is 10.1 Å². The molecule has 4 heteroatoms. The Balaban J connectivity index is 3.29. The fourth-order valence-electron chi connectivity index (χ4n) is 0.419. The Morgan fingerprint density at radius 2 is 2.27 bits per heavy atom. The van der Waals surface area contributed by atoms with Gasteiger partial charge in [-0.15, -0.1) is 0 Å². The lowest BCUT2D eigenvalue weighted by molar-refractivity contribution is -0.143. The molecule has 0 bridgehead atoms. The van der Waals surface area contributed by atoms with E-state index in [1.807, 2.05) is 13.8 Å². The summed E-state index contributed by atoms with van der Waals surface area (Å²) in [6.07, 6.45) is 1.39. The van der Waals surface area contributed by atoms with Crippen molar-refractivity contribution >= 4 is 12.4 Å². The second kappa shape index (κ2) is 5.70. The van der Waals surface area contributed by atoms with E-state index in [0.29, 0.717) is 12.5 Å². The summed E-state index contributed by atoms with van der Waals surface area (Å²) in [6.45, 7) is 4.16. The maximum atomic E-state index is 10.6. The van der Waals surface area contributed by atoms with Crippen LogP contribution >= 0.6 is 0 Å². The number of esters is 1. The molecule has 1 N–H and O–H groups in total. The van der Waals surface area contributed by atoms with Crippen molar-refractivity contribution in [1.82, 2.24) is 5.32 Å². The zero-order valence-corrected chi connectivity index (χ0v) is 6.72. The van der Waals surface area contributed by atoms with Crippen LogP contribution in [0.2, 0.25) is 0 Å². The number of ether oxygens (including phenoxy) is 1. The number of hydrogen-bond acceptors (Lipinski definition) is 3. The van der Waals surface area contributed by atoms with Crippen molar-refractivity contribution in [1.29, 1.82) is 0 Å². The highest BCUT2D eigenvalue weighted by Gasteiger charge is 2.02. The maximum absolute atomic E-state index is 10.6. The minimum atomic E-state index is -0.429. The fraction of sp³-hybridized carbons (Fsp3) is 0.714. The summed E-state index contributed by atoms with van der Waals surface area (Å²) in [7, 11) is 0. The molecular weight excluding hydrogens is 146 g/mol. The summed E-state index contributed by atoms with van der Waals surface area (Å²) in [5, 5.41) is 2.09. The van der Waals surface area contributed by atoms with E-state index >= 15 is 0 Å². The van der Waals surface area contributed by atoms with E-state index in [-0.39, 0.29) is 6.54 Å². The predicted molar refractivity (Wildman–Crippen MR) is 39.5 cm³/mol. The monoisotopic (exact) mass is 158 g/mol. The number of rotatable bonds is 5. The highest BCUT2D eigenvalue weighted by Crippen LogP contribution is 1.91. The fourth-order valence-corrected chi connectivity index (χ4v) is 0.419. The smallest absolute Gasteiger partial charge is 0.325 e. The molecular formula is C7H12NO3. The van der Waals surface area contributed by atoms with E-state index < -0.39 is 5.97 Å². The third kappa shape index (κ3) is 6.83. The van der Waals surface area contributed by atoms with E-state index in [1.54, 1.807) is 0 Å². The molecule has 0 spiro atoms. The number of hydrogen-bond donors (Lipinski definition) is 1. The predicted octanol–water partition coefficient (Wildman–Crippen LogP) is -0.158. The van der Waals surface area contributed by atoms with Gasteiger partial charge in [0.2, 0.25) is 0 Å². The zero-order valence-electron chi connectivity index (χ0n) is 6.72. The van der Waals surface area contributed by atoms with Crippen LogP contribution in [0.4, 0.5) is 0 Å². The SMILES string of the molecule is CC(C)COC(=O)CN[C]=O. The van der Waals surface area contributed by atoms with Crippen LogP contribution in [0.1, 0.15) is 13.8 Å². The molecule has 0 aromatic heterocycles. The normalized spacial score (nSPS) is 9.36. The molecule has 0 aromatic rings. The second-order valence-corrected chi connectivity index (χ2v) is 2.53. The first-order chi connectivity index (χ1) is 5.16. The molecule has 0 heterocycles. The van der Waals surface area contributed by atoms with Crippen LogP contribution < -0.4 is 5.32 Å². The van der Waals surface area contributed by atoms with Gasteiger partial charge in [-0.3, -0.25) is 9.59 Å². The largest absolute Gasteiger partial charge is 0.464 e. The van der Waals surface area contributed by atoms with Crippen LogP contribution in [-0.4, -0.2) is 25.5 Å². The molecule has 63 valence electrons. The lowest BCUT2D eigenvalue weighted by Crippen LogP contribution is -2.24. The maximum Gasteiger partial charge on any atom is 0.325 e. The summed E-state index contributed by atoms with van der Waals surface area (Å²) in [5.41, 5.74) is 0. The molecule has 0 aliphatic rings. The number of carbonyl (C=O) groups excluding carboxylic acids is 2. The van der Waals surface area contributed by atoms with E-state index in [1.165, 1.54) is 6.41 Å². The van der Waals surface area contributed by atoms with Crippen molar-refractivity contribution < 1.29 is 14.3 Å². The van der Waals surface area contributed by atoms with Gasteiger partial charge in [-0.25, -0.2) is 0 Å². The van der Waals surface area contributed by atoms with Gasteiger partial charge in [-0.2, -0.15) is 0 Å². The summed E-state index contributed by atoms with van der Waals surface area (Å²) in [6, 6.07) is 0. The molecule has 0 aromatic carbocycles. The molecule has 0 unspecified atom stereocenters. The van der Waals surface area contributed by atoms with E-state index in [0.717, 1.165) is 0 Å². The summed E-state index contributed by atoms with van der Waals surface area (Å²) < 4.78 is 4.73. The molecule has 0 fully saturated rings. The highest BCUT2D eigenvalue weighted by atomic mass is 16.5. The summed E-state index contributed by atoms with van der Waals surface area (Å²) in [4.78, 5) is 20.2. The molecule has 0 atom stereocenters. The molecule has 0 aliphatic carbocycles. The van der Waals surface area contributed by atoms with Crippen molar-refractivity contribution in [3.63, 3.8) is 0 Å². The number of amides is 1. The van der Waals surface area contributed by atoms with Crippen LogP contribution in [0.15, 0.2) is 0 Å². The van der Waals surface area contributed by atoms with Crippen LogP contribution in [0.5, 0.6) is 0 Å². The molecule has 0 saturated heterocycles. The molecule has 1 radical (unpaired) electrons. The van der Waals surface area contributed by atoms with Crippen molar-refractivity contribution in [2.45, 2.75) is 13.8 Å². The Hall–Kier alpha value is -1.06. The van der Waals surface area contributed by atoms with Crippen LogP contribution in [0, 0.1) is 5.92 Å². The first kappa shape index (κ1) is 9.94. The lowest BCUT2D eigenvalue weighted by atomic mass is 10.2. The number of carbonyl (C=O) groups is 1. The third-order valence-corrected chi connectivity index (χ3v) is 0.883. The topological polar surface area (TPSA) is 55.4 Å². The Kier molecular flexibility index (Phi) is 5.15. The van der Waals surface area contributed by atoms with E-state index in [2.05, 4.69) is 5.32 Å². The Morgan fingerprint density at radius 1 is 1.64 bits per heavy atom. The Bertz CT molecular complexity index is 134. The molecule has 0 rings (SSSR count). The zero-order chi connectivity index (χ0) is 8.69. The van der Waals surface area contributed by atoms with Gasteiger partial charge in [0.25, 0.3) is 0 Å². The Morgan fingerprint density at radius 3 is 2.73 bits per heavy atom. The van der Waals surface area contributed by atoms with Gasteiger partial charge in [0.05, 0.1) is 6.61 Å². The third-order valence-electron chi connectivity index (χ3n) is 0.883. The average molecular weight is 158 g/mol. The first-order valence-electron chi connectivity index (χ1n) is 3.42. The standard InChI is InChI=1S/C7H12NO3/c1-6(2)4-11-7(10)3-8-5-9/h6H,3-4H2,1-2H3,(H,8,9). The molecule has 0 aliphatic heterocycles. The van der Waals surface area contributed by atoms with Crippen LogP contribution in [-0.2, 0) is 14.3 Å². The molecule has 11 heavy (non-hydrogen) atoms. The summed E-state index contributed by atoms with van der Waals surface area (Å²) in [5.74, 6) is -0.110. The average Bonchev–Trinajstić information content (AvgIpc) is 1.97. The van der Waals surface area contributed by atoms with E-state index in [4.69, 9.17) is 4.74 Å². The molecule has 0 saturated carbocycles. The van der Waals surface area contributed by atoms with E-state index in [9.17, 15) is 9.59 Å². The first-order valence-corrected chi connectivity index (χ1v) is 3.42. The Labute approximate surface area is 65.9 Å². The quantitative estimate of drug-likeness (QED) is 0.447. The van der Waals surface area contributed by atoms with Gasteiger partial charge in [0.15, 0.2) is 0 Å². The molecule has 1 amide bonds. The van der Waals surface area contributed by atoms with Crippen molar-refractivity contribution in [2.75, 3.05) is 13.2 Å².